The van der Waals surface area contributed by atoms with Gasteiger partial charge in [0.15, 0.2) is 5.84 Å². The molecule has 0 bridgehead atoms. The summed E-state index contributed by atoms with van der Waals surface area (Å²) in [5.41, 5.74) is 1.04. The van der Waals surface area contributed by atoms with Crippen molar-refractivity contribution in [1.29, 1.82) is 5.41 Å². The predicted molar refractivity (Wildman–Crippen MR) is 128 cm³/mol. The van der Waals surface area contributed by atoms with Crippen molar-refractivity contribution in [3.8, 4) is 11.3 Å². The average molecular weight is 455 g/mol. The van der Waals surface area contributed by atoms with Crippen LogP contribution < -0.4 is 0 Å². The van der Waals surface area contributed by atoms with Gasteiger partial charge in [-0.15, -0.1) is 0 Å². The van der Waals surface area contributed by atoms with Crippen LogP contribution in [0.1, 0.15) is 51.2 Å². The van der Waals surface area contributed by atoms with Gasteiger partial charge in [-0.1, -0.05) is 44.2 Å². The maximum Gasteiger partial charge on any atom is 0.283 e. The summed E-state index contributed by atoms with van der Waals surface area (Å²) in [6.45, 7) is 2.20. The number of rotatable bonds is 8. The highest BCUT2D eigenvalue weighted by Crippen LogP contribution is 2.31. The average Bonchev–Trinajstić information content (AvgIpc) is 3.39. The quantitative estimate of drug-likeness (QED) is 0.360. The highest BCUT2D eigenvalue weighted by atomic mass is 35.5. The Labute approximate surface area is 190 Å². The van der Waals surface area contributed by atoms with Crippen LogP contribution in [0.3, 0.4) is 0 Å². The molecule has 0 saturated heterocycles. The number of halogens is 1. The second-order valence-electron chi connectivity index (χ2n) is 7.39. The van der Waals surface area contributed by atoms with Crippen molar-refractivity contribution in [3.05, 3.63) is 52.8 Å². The second kappa shape index (κ2) is 9.66. The Morgan fingerprint density at radius 1 is 1.13 bits per heavy atom. The number of furan rings is 1. The Hall–Kier alpha value is -2.64. The summed E-state index contributed by atoms with van der Waals surface area (Å²) >= 11 is 7.32. The molecular formula is C23H23ClN4O2S. The van der Waals surface area contributed by atoms with Gasteiger partial charge in [0.25, 0.3) is 5.91 Å². The van der Waals surface area contributed by atoms with Crippen LogP contribution >= 0.6 is 23.4 Å². The third-order valence-corrected chi connectivity index (χ3v) is 6.25. The molecule has 2 aliphatic rings. The Morgan fingerprint density at radius 2 is 1.90 bits per heavy atom. The van der Waals surface area contributed by atoms with Crippen LogP contribution in [0.4, 0.5) is 0 Å². The number of carbonyl (C=O) groups excluding carboxylic acids is 1. The van der Waals surface area contributed by atoms with E-state index >= 15 is 0 Å². The van der Waals surface area contributed by atoms with Crippen molar-refractivity contribution in [2.45, 2.75) is 45.4 Å². The molecule has 0 spiro atoms. The van der Waals surface area contributed by atoms with Crippen molar-refractivity contribution >= 4 is 51.4 Å². The number of amides is 1. The van der Waals surface area contributed by atoms with E-state index in [-0.39, 0.29) is 11.4 Å². The zero-order chi connectivity index (χ0) is 21.8. The molecule has 0 saturated carbocycles. The molecule has 1 aromatic carbocycles. The summed E-state index contributed by atoms with van der Waals surface area (Å²) in [6, 6.07) is 10.9. The topological polar surface area (TPSA) is 82.0 Å². The van der Waals surface area contributed by atoms with Gasteiger partial charge in [0.05, 0.1) is 5.57 Å². The van der Waals surface area contributed by atoms with Gasteiger partial charge in [0.2, 0.25) is 5.17 Å². The molecule has 0 atom stereocenters. The van der Waals surface area contributed by atoms with Crippen molar-refractivity contribution in [1.82, 2.24) is 5.01 Å². The molecule has 3 heterocycles. The first-order chi connectivity index (χ1) is 15.0. The highest BCUT2D eigenvalue weighted by molar-refractivity contribution is 8.26. The van der Waals surface area contributed by atoms with Crippen LogP contribution in [-0.2, 0) is 4.79 Å². The van der Waals surface area contributed by atoms with Crippen LogP contribution in [0, 0.1) is 5.41 Å². The first kappa shape index (κ1) is 21.6. The number of nitrogens with zero attached hydrogens (tertiary/aromatic N) is 3. The lowest BCUT2D eigenvalue weighted by molar-refractivity contribution is -0.114. The van der Waals surface area contributed by atoms with Gasteiger partial charge in [-0.25, -0.2) is 0 Å². The molecule has 1 N–H and O–H groups in total. The number of hydrogen-bond donors (Lipinski definition) is 1. The van der Waals surface area contributed by atoms with Gasteiger partial charge >= 0.3 is 0 Å². The van der Waals surface area contributed by atoms with Gasteiger partial charge in [-0.05, 0) is 67.1 Å². The number of aliphatic imine (C=N–C) groups is 1. The lowest BCUT2D eigenvalue weighted by atomic mass is 10.1. The van der Waals surface area contributed by atoms with Gasteiger partial charge in [0.1, 0.15) is 16.6 Å². The fourth-order valence-corrected chi connectivity index (χ4v) is 4.41. The van der Waals surface area contributed by atoms with E-state index < -0.39 is 5.91 Å². The van der Waals surface area contributed by atoms with Crippen LogP contribution in [0.15, 0.2) is 56.5 Å². The van der Waals surface area contributed by atoms with Crippen molar-refractivity contribution in [3.63, 3.8) is 0 Å². The summed E-state index contributed by atoms with van der Waals surface area (Å²) < 4.78 is 5.85. The SMILES string of the molecule is CCCCCCCC1=NN2C(=N)/C(=C\c3ccc(-c4ccc(Cl)cc4)o3)C(=O)N=C2S1. The van der Waals surface area contributed by atoms with E-state index in [1.807, 2.05) is 18.2 Å². The van der Waals surface area contributed by atoms with Crippen molar-refractivity contribution in [2.24, 2.45) is 10.1 Å². The fraction of sp³-hybridized carbons (Fsp3) is 0.304. The summed E-state index contributed by atoms with van der Waals surface area (Å²) in [7, 11) is 0. The van der Waals surface area contributed by atoms with E-state index in [0.717, 1.165) is 29.9 Å². The normalized spacial score (nSPS) is 17.2. The number of hydrazone groups is 1. The maximum atomic E-state index is 12.6. The number of fused-ring (bicyclic) bond motifs is 1. The number of unbranched alkanes of at least 4 members (excludes halogenated alkanes) is 4. The molecule has 160 valence electrons. The maximum absolute atomic E-state index is 12.6. The van der Waals surface area contributed by atoms with Gasteiger partial charge < -0.3 is 4.42 Å². The number of carbonyl (C=O) groups is 1. The second-order valence-corrected chi connectivity index (χ2v) is 8.86. The van der Waals surface area contributed by atoms with Crippen LogP contribution in [-0.4, -0.2) is 27.0 Å². The molecule has 8 heteroatoms. The number of nitrogens with one attached hydrogen (secondary N) is 1. The molecule has 0 radical (unpaired) electrons. The zero-order valence-corrected chi connectivity index (χ0v) is 18.8. The molecule has 1 amide bonds. The Bertz CT molecular complexity index is 1090. The van der Waals surface area contributed by atoms with Crippen LogP contribution in [0.5, 0.6) is 0 Å². The number of amidine groups is 2. The van der Waals surface area contributed by atoms with E-state index in [1.54, 1.807) is 24.3 Å². The predicted octanol–water partition coefficient (Wildman–Crippen LogP) is 6.58. The summed E-state index contributed by atoms with van der Waals surface area (Å²) in [5.74, 6) is 0.701. The van der Waals surface area contributed by atoms with E-state index in [9.17, 15) is 4.79 Å². The molecule has 0 fully saturated rings. The molecular weight excluding hydrogens is 432 g/mol. The minimum Gasteiger partial charge on any atom is -0.457 e. The molecule has 6 nitrogen and oxygen atoms in total. The first-order valence-corrected chi connectivity index (χ1v) is 11.6. The Balaban J connectivity index is 1.47. The minimum atomic E-state index is -0.451. The molecule has 2 aliphatic heterocycles. The van der Waals surface area contributed by atoms with Crippen molar-refractivity contribution in [2.75, 3.05) is 0 Å². The van der Waals surface area contributed by atoms with E-state index in [2.05, 4.69) is 17.0 Å². The molecule has 2 aromatic rings. The van der Waals surface area contributed by atoms with E-state index in [1.165, 1.54) is 36.0 Å². The molecule has 0 unspecified atom stereocenters. The Morgan fingerprint density at radius 3 is 2.68 bits per heavy atom. The Kier molecular flexibility index (Phi) is 6.73. The van der Waals surface area contributed by atoms with Gasteiger partial charge in [0, 0.05) is 10.6 Å². The van der Waals surface area contributed by atoms with E-state index in [0.29, 0.717) is 21.7 Å². The molecule has 0 aliphatic carbocycles. The highest BCUT2D eigenvalue weighted by Gasteiger charge is 2.35. The van der Waals surface area contributed by atoms with Crippen LogP contribution in [0.25, 0.3) is 17.4 Å². The first-order valence-electron chi connectivity index (χ1n) is 10.4. The van der Waals surface area contributed by atoms with Gasteiger partial charge in [-0.2, -0.15) is 15.1 Å². The third-order valence-electron chi connectivity index (χ3n) is 5.03. The number of benzene rings is 1. The minimum absolute atomic E-state index is 0.0212. The smallest absolute Gasteiger partial charge is 0.283 e. The van der Waals surface area contributed by atoms with Crippen molar-refractivity contribution < 1.29 is 9.21 Å². The summed E-state index contributed by atoms with van der Waals surface area (Å²) in [5, 5.41) is 16.5. The molecule has 1 aromatic heterocycles. The van der Waals surface area contributed by atoms with Crippen LogP contribution in [0.2, 0.25) is 5.02 Å². The zero-order valence-electron chi connectivity index (χ0n) is 17.2. The summed E-state index contributed by atoms with van der Waals surface area (Å²) in [4.78, 5) is 16.7. The van der Waals surface area contributed by atoms with Gasteiger partial charge in [-0.3, -0.25) is 10.2 Å². The lowest BCUT2D eigenvalue weighted by Crippen LogP contribution is -2.35. The molecule has 31 heavy (non-hydrogen) atoms. The third kappa shape index (κ3) is 4.99. The summed E-state index contributed by atoms with van der Waals surface area (Å²) in [6.07, 6.45) is 8.29. The molecule has 4 rings (SSSR count). The monoisotopic (exact) mass is 454 g/mol. The largest absolute Gasteiger partial charge is 0.457 e. The number of hydrogen-bond acceptors (Lipinski definition) is 5. The fourth-order valence-electron chi connectivity index (χ4n) is 3.35. The lowest BCUT2D eigenvalue weighted by Gasteiger charge is -2.19. The van der Waals surface area contributed by atoms with E-state index in [4.69, 9.17) is 21.4 Å². The number of thioether (sulfide) groups is 1. The standard InChI is InChI=1S/C23H23ClN4O2S/c1-2-3-4-5-6-7-20-27-28-21(25)18(22(29)26-23(28)31-20)14-17-12-13-19(30-17)15-8-10-16(24)11-9-15/h8-14,25H,2-7H2,1H3/b18-14+,25-21?.